The third kappa shape index (κ3) is 4.60. The van der Waals surface area contributed by atoms with E-state index in [4.69, 9.17) is 4.74 Å². The van der Waals surface area contributed by atoms with Crippen molar-refractivity contribution in [2.45, 2.75) is 4.90 Å². The van der Waals surface area contributed by atoms with E-state index in [1.165, 1.54) is 4.90 Å². The molecule has 88 valence electrons. The van der Waals surface area contributed by atoms with Crippen molar-refractivity contribution < 1.29 is 9.53 Å². The van der Waals surface area contributed by atoms with Gasteiger partial charge < -0.3 is 4.74 Å². The van der Waals surface area contributed by atoms with Crippen LogP contribution in [-0.2, 0) is 4.74 Å². The largest absolute Gasteiger partial charge is 0.384 e. The van der Waals surface area contributed by atoms with E-state index < -0.39 is 0 Å². The number of Topliss-reactive ketones (excluding diaryl/α,β-unsaturated/α-hetero) is 1. The quantitative estimate of drug-likeness (QED) is 0.425. The minimum Gasteiger partial charge on any atom is -0.384 e. The van der Waals surface area contributed by atoms with Crippen molar-refractivity contribution in [2.24, 2.45) is 0 Å². The van der Waals surface area contributed by atoms with Gasteiger partial charge in [-0.1, -0.05) is 12.1 Å². The molecule has 0 amide bonds. The minimum atomic E-state index is 0.189. The van der Waals surface area contributed by atoms with Gasteiger partial charge in [0.1, 0.15) is 0 Å². The third-order valence-corrected chi connectivity index (χ3v) is 3.74. The highest BCUT2D eigenvalue weighted by Crippen LogP contribution is 2.16. The molecule has 0 unspecified atom stereocenters. The van der Waals surface area contributed by atoms with Gasteiger partial charge in [-0.15, -0.1) is 11.8 Å². The van der Waals surface area contributed by atoms with Crippen LogP contribution in [0, 0.1) is 0 Å². The molecule has 0 aliphatic carbocycles. The predicted octanol–water partition coefficient (Wildman–Crippen LogP) is 2.97. The van der Waals surface area contributed by atoms with E-state index in [1.807, 2.05) is 30.5 Å². The second-order valence-corrected chi connectivity index (χ2v) is 5.18. The summed E-state index contributed by atoms with van der Waals surface area (Å²) in [4.78, 5) is 12.9. The number of methoxy groups -OCH3 is 1. The molecule has 0 saturated heterocycles. The van der Waals surface area contributed by atoms with E-state index in [2.05, 4.69) is 0 Å². The standard InChI is InChI=1S/C12H16O2S2/c1-14-7-8-16-9-12(13)10-3-5-11(15-2)6-4-10/h3-6H,7-9H2,1-2H3. The van der Waals surface area contributed by atoms with Crippen LogP contribution in [0.1, 0.15) is 10.4 Å². The summed E-state index contributed by atoms with van der Waals surface area (Å²) in [6, 6.07) is 7.76. The van der Waals surface area contributed by atoms with Crippen LogP contribution in [0.25, 0.3) is 0 Å². The van der Waals surface area contributed by atoms with Crippen molar-refractivity contribution in [3.8, 4) is 0 Å². The zero-order chi connectivity index (χ0) is 11.8. The number of hydrogen-bond acceptors (Lipinski definition) is 4. The molecule has 4 heteroatoms. The summed E-state index contributed by atoms with van der Waals surface area (Å²) in [6.45, 7) is 0.698. The third-order valence-electron chi connectivity index (χ3n) is 2.08. The van der Waals surface area contributed by atoms with Gasteiger partial charge in [-0.05, 0) is 18.4 Å². The number of hydrogen-bond donors (Lipinski definition) is 0. The first-order valence-corrected chi connectivity index (χ1v) is 7.40. The highest BCUT2D eigenvalue weighted by Gasteiger charge is 2.05. The molecule has 0 fully saturated rings. The van der Waals surface area contributed by atoms with Crippen molar-refractivity contribution in [2.75, 3.05) is 31.5 Å². The molecule has 2 nitrogen and oxygen atoms in total. The normalized spacial score (nSPS) is 10.4. The Kier molecular flexibility index (Phi) is 6.61. The second-order valence-electron chi connectivity index (χ2n) is 3.20. The lowest BCUT2D eigenvalue weighted by Crippen LogP contribution is -2.04. The Balaban J connectivity index is 2.40. The summed E-state index contributed by atoms with van der Waals surface area (Å²) in [5.41, 5.74) is 0.794. The first kappa shape index (κ1) is 13.6. The second kappa shape index (κ2) is 7.76. The molecule has 0 aromatic heterocycles. The fourth-order valence-corrected chi connectivity index (χ4v) is 2.36. The molecular weight excluding hydrogens is 240 g/mol. The predicted molar refractivity (Wildman–Crippen MR) is 71.8 cm³/mol. The van der Waals surface area contributed by atoms with Gasteiger partial charge in [0.15, 0.2) is 5.78 Å². The van der Waals surface area contributed by atoms with Crippen LogP contribution in [0.2, 0.25) is 0 Å². The molecule has 0 N–H and O–H groups in total. The molecule has 1 aromatic carbocycles. The first-order chi connectivity index (χ1) is 7.77. The van der Waals surface area contributed by atoms with Gasteiger partial charge >= 0.3 is 0 Å². The number of ether oxygens (including phenoxy) is 1. The summed E-state index contributed by atoms with van der Waals surface area (Å²) in [5.74, 6) is 1.58. The molecule has 1 rings (SSSR count). The molecule has 0 aliphatic heterocycles. The van der Waals surface area contributed by atoms with Crippen molar-refractivity contribution in [3.63, 3.8) is 0 Å². The zero-order valence-electron chi connectivity index (χ0n) is 9.56. The van der Waals surface area contributed by atoms with Crippen LogP contribution in [0.15, 0.2) is 29.2 Å². The van der Waals surface area contributed by atoms with E-state index in [0.717, 1.165) is 11.3 Å². The molecule has 0 heterocycles. The maximum Gasteiger partial charge on any atom is 0.172 e. The lowest BCUT2D eigenvalue weighted by atomic mass is 10.1. The van der Waals surface area contributed by atoms with Gasteiger partial charge in [-0.25, -0.2) is 0 Å². The summed E-state index contributed by atoms with van der Waals surface area (Å²) in [6.07, 6.45) is 2.03. The summed E-state index contributed by atoms with van der Waals surface area (Å²) < 4.78 is 4.92. The van der Waals surface area contributed by atoms with E-state index in [1.54, 1.807) is 30.6 Å². The molecule has 0 atom stereocenters. The van der Waals surface area contributed by atoms with Gasteiger partial charge in [0.05, 0.1) is 12.4 Å². The summed E-state index contributed by atoms with van der Waals surface area (Å²) >= 11 is 3.29. The molecular formula is C12H16O2S2. The lowest BCUT2D eigenvalue weighted by Gasteiger charge is -2.02. The van der Waals surface area contributed by atoms with Crippen molar-refractivity contribution in [3.05, 3.63) is 29.8 Å². The van der Waals surface area contributed by atoms with Crippen LogP contribution in [-0.4, -0.2) is 37.3 Å². The lowest BCUT2D eigenvalue weighted by molar-refractivity contribution is 0.102. The Morgan fingerprint density at radius 3 is 2.56 bits per heavy atom. The molecule has 0 radical (unpaired) electrons. The highest BCUT2D eigenvalue weighted by atomic mass is 32.2. The Bertz CT molecular complexity index is 322. The molecule has 0 aliphatic rings. The van der Waals surface area contributed by atoms with Crippen LogP contribution < -0.4 is 0 Å². The number of carbonyl (C=O) groups is 1. The average molecular weight is 256 g/mol. The molecule has 16 heavy (non-hydrogen) atoms. The maximum absolute atomic E-state index is 11.7. The van der Waals surface area contributed by atoms with E-state index in [0.29, 0.717) is 12.4 Å². The van der Waals surface area contributed by atoms with Crippen LogP contribution in [0.5, 0.6) is 0 Å². The van der Waals surface area contributed by atoms with E-state index in [9.17, 15) is 4.79 Å². The number of rotatable bonds is 7. The smallest absolute Gasteiger partial charge is 0.172 e. The van der Waals surface area contributed by atoms with Crippen LogP contribution >= 0.6 is 23.5 Å². The molecule has 1 aromatic rings. The minimum absolute atomic E-state index is 0.189. The first-order valence-electron chi connectivity index (χ1n) is 5.02. The highest BCUT2D eigenvalue weighted by molar-refractivity contribution is 8.00. The summed E-state index contributed by atoms with van der Waals surface area (Å²) in [5, 5.41) is 0. The number of carbonyl (C=O) groups excluding carboxylic acids is 1. The monoisotopic (exact) mass is 256 g/mol. The number of thioether (sulfide) groups is 2. The van der Waals surface area contributed by atoms with Gasteiger partial charge in [-0.2, -0.15) is 11.8 Å². The zero-order valence-corrected chi connectivity index (χ0v) is 11.2. The van der Waals surface area contributed by atoms with E-state index in [-0.39, 0.29) is 5.78 Å². The van der Waals surface area contributed by atoms with Gasteiger partial charge in [0.2, 0.25) is 0 Å². The Morgan fingerprint density at radius 1 is 1.31 bits per heavy atom. The SMILES string of the molecule is COCCSCC(=O)c1ccc(SC)cc1. The van der Waals surface area contributed by atoms with Crippen molar-refractivity contribution >= 4 is 29.3 Å². The van der Waals surface area contributed by atoms with Crippen LogP contribution in [0.3, 0.4) is 0 Å². The molecule has 0 saturated carbocycles. The number of ketones is 1. The fraction of sp³-hybridized carbons (Fsp3) is 0.417. The Hall–Kier alpha value is -0.450. The van der Waals surface area contributed by atoms with Gasteiger partial charge in [0, 0.05) is 23.3 Å². The molecule has 0 spiro atoms. The Morgan fingerprint density at radius 2 is 2.00 bits per heavy atom. The van der Waals surface area contributed by atoms with E-state index >= 15 is 0 Å². The fourth-order valence-electron chi connectivity index (χ4n) is 1.17. The van der Waals surface area contributed by atoms with Crippen molar-refractivity contribution in [1.82, 2.24) is 0 Å². The summed E-state index contributed by atoms with van der Waals surface area (Å²) in [7, 11) is 1.67. The topological polar surface area (TPSA) is 26.3 Å². The van der Waals surface area contributed by atoms with Crippen molar-refractivity contribution in [1.29, 1.82) is 0 Å². The maximum atomic E-state index is 11.7. The van der Waals surface area contributed by atoms with Crippen LogP contribution in [0.4, 0.5) is 0 Å². The van der Waals surface area contributed by atoms with Gasteiger partial charge in [-0.3, -0.25) is 4.79 Å². The molecule has 0 bridgehead atoms. The van der Waals surface area contributed by atoms with Gasteiger partial charge in [0.25, 0.3) is 0 Å². The average Bonchev–Trinajstić information content (AvgIpc) is 2.34. The Labute approximate surface area is 105 Å². The number of benzene rings is 1.